The summed E-state index contributed by atoms with van der Waals surface area (Å²) in [7, 11) is 0. The Hall–Kier alpha value is -0.740. The van der Waals surface area contributed by atoms with Gasteiger partial charge in [0.15, 0.2) is 0 Å². The molecule has 0 aromatic carbocycles. The predicted molar refractivity (Wildman–Crippen MR) is 61.4 cm³/mol. The number of carbonyl (C=O) groups excluding carboxylic acids is 1. The van der Waals surface area contributed by atoms with Crippen LogP contribution in [0.3, 0.4) is 0 Å². The van der Waals surface area contributed by atoms with Crippen LogP contribution in [0.2, 0.25) is 0 Å². The Labute approximate surface area is 89.5 Å². The molecule has 0 aliphatic rings. The molecule has 0 spiro atoms. The molecule has 4 heteroatoms. The molecule has 0 radical (unpaired) electrons. The van der Waals surface area contributed by atoms with E-state index >= 15 is 0 Å². The van der Waals surface area contributed by atoms with Crippen LogP contribution in [0, 0.1) is 0 Å². The van der Waals surface area contributed by atoms with E-state index < -0.39 is 0 Å². The highest BCUT2D eigenvalue weighted by molar-refractivity contribution is 7.99. The third-order valence-electron chi connectivity index (χ3n) is 1.51. The summed E-state index contributed by atoms with van der Waals surface area (Å²) >= 11 is 1.43. The lowest BCUT2D eigenvalue weighted by atomic mass is 10.4. The molecule has 0 saturated heterocycles. The van der Waals surface area contributed by atoms with Crippen molar-refractivity contribution in [2.75, 3.05) is 31.2 Å². The van der Waals surface area contributed by atoms with Gasteiger partial charge >= 0.3 is 0 Å². The minimum Gasteiger partial charge on any atom is -0.396 e. The van der Waals surface area contributed by atoms with E-state index in [0.29, 0.717) is 24.6 Å². The first-order chi connectivity index (χ1) is 6.76. The maximum absolute atomic E-state index is 11.5. The predicted octanol–water partition coefficient (Wildman–Crippen LogP) is 0.912. The van der Waals surface area contributed by atoms with E-state index in [2.05, 4.69) is 13.2 Å². The molecule has 0 fully saturated rings. The monoisotopic (exact) mass is 215 g/mol. The molecule has 0 aromatic rings. The second kappa shape index (κ2) is 8.84. The number of nitrogens with zero attached hydrogens (tertiary/aromatic N) is 1. The zero-order chi connectivity index (χ0) is 10.8. The van der Waals surface area contributed by atoms with Crippen molar-refractivity contribution in [3.63, 3.8) is 0 Å². The van der Waals surface area contributed by atoms with Gasteiger partial charge < -0.3 is 10.0 Å². The molecule has 0 bridgehead atoms. The summed E-state index contributed by atoms with van der Waals surface area (Å²) in [5, 5.41) is 8.55. The fraction of sp³-hybridized carbons (Fsp3) is 0.500. The first-order valence-corrected chi connectivity index (χ1v) is 5.60. The number of hydrogen-bond donors (Lipinski definition) is 1. The third-order valence-corrected chi connectivity index (χ3v) is 2.44. The number of carbonyl (C=O) groups is 1. The van der Waals surface area contributed by atoms with E-state index in [9.17, 15) is 4.79 Å². The summed E-state index contributed by atoms with van der Waals surface area (Å²) in [6, 6.07) is 0. The van der Waals surface area contributed by atoms with Crippen LogP contribution in [0.5, 0.6) is 0 Å². The second-order valence-corrected chi connectivity index (χ2v) is 3.76. The largest absolute Gasteiger partial charge is 0.396 e. The van der Waals surface area contributed by atoms with E-state index in [1.165, 1.54) is 11.8 Å². The number of amides is 1. The molecule has 80 valence electrons. The van der Waals surface area contributed by atoms with Crippen molar-refractivity contribution >= 4 is 17.7 Å². The number of aliphatic hydroxyl groups is 1. The molecule has 0 rings (SSSR count). The minimum atomic E-state index is 0.0586. The van der Waals surface area contributed by atoms with E-state index in [4.69, 9.17) is 5.11 Å². The van der Waals surface area contributed by atoms with E-state index in [1.54, 1.807) is 17.1 Å². The molecule has 0 aliphatic heterocycles. The summed E-state index contributed by atoms with van der Waals surface area (Å²) in [6.07, 6.45) is 3.39. The van der Waals surface area contributed by atoms with Gasteiger partial charge in [-0.05, 0) is 0 Å². The molecular weight excluding hydrogens is 198 g/mol. The molecule has 1 N–H and O–H groups in total. The van der Waals surface area contributed by atoms with E-state index in [-0.39, 0.29) is 12.5 Å². The average Bonchev–Trinajstić information content (AvgIpc) is 2.18. The lowest BCUT2D eigenvalue weighted by Gasteiger charge is -2.18. The van der Waals surface area contributed by atoms with Crippen LogP contribution < -0.4 is 0 Å². The third kappa shape index (κ3) is 5.83. The van der Waals surface area contributed by atoms with Crippen LogP contribution in [-0.2, 0) is 4.79 Å². The standard InChI is InChI=1S/C10H17NO2S/c1-3-5-11(6-4-2)10(13)9-14-8-7-12/h3-4,12H,1-2,5-9H2. The molecule has 0 aliphatic carbocycles. The van der Waals surface area contributed by atoms with Crippen LogP contribution in [-0.4, -0.2) is 47.1 Å². The lowest BCUT2D eigenvalue weighted by molar-refractivity contribution is -0.127. The van der Waals surface area contributed by atoms with Crippen LogP contribution in [0.25, 0.3) is 0 Å². The Morgan fingerprint density at radius 1 is 1.36 bits per heavy atom. The summed E-state index contributed by atoms with van der Waals surface area (Å²) < 4.78 is 0. The van der Waals surface area contributed by atoms with Crippen molar-refractivity contribution in [1.82, 2.24) is 4.90 Å². The summed E-state index contributed by atoms with van der Waals surface area (Å²) in [5.41, 5.74) is 0. The van der Waals surface area contributed by atoms with Gasteiger partial charge in [0.05, 0.1) is 12.4 Å². The second-order valence-electron chi connectivity index (χ2n) is 2.65. The molecule has 14 heavy (non-hydrogen) atoms. The fourth-order valence-electron chi connectivity index (χ4n) is 0.905. The Balaban J connectivity index is 3.87. The van der Waals surface area contributed by atoms with Gasteiger partial charge in [-0.3, -0.25) is 4.79 Å². The lowest BCUT2D eigenvalue weighted by Crippen LogP contribution is -2.32. The fourth-order valence-corrected chi connectivity index (χ4v) is 1.54. The Morgan fingerprint density at radius 2 is 1.93 bits per heavy atom. The summed E-state index contributed by atoms with van der Waals surface area (Å²) in [6.45, 7) is 8.38. The Bertz CT molecular complexity index is 185. The van der Waals surface area contributed by atoms with E-state index in [0.717, 1.165) is 0 Å². The molecule has 3 nitrogen and oxygen atoms in total. The molecule has 0 unspecified atom stereocenters. The van der Waals surface area contributed by atoms with Gasteiger partial charge in [-0.2, -0.15) is 0 Å². The van der Waals surface area contributed by atoms with Crippen molar-refractivity contribution in [2.24, 2.45) is 0 Å². The zero-order valence-electron chi connectivity index (χ0n) is 8.32. The number of aliphatic hydroxyl groups excluding tert-OH is 1. The van der Waals surface area contributed by atoms with Crippen LogP contribution in [0.1, 0.15) is 0 Å². The number of rotatable bonds is 8. The molecular formula is C10H17NO2S. The summed E-state index contributed by atoms with van der Waals surface area (Å²) in [5.74, 6) is 1.06. The maximum atomic E-state index is 11.5. The van der Waals surface area contributed by atoms with Crippen molar-refractivity contribution in [3.05, 3.63) is 25.3 Å². The van der Waals surface area contributed by atoms with Crippen LogP contribution >= 0.6 is 11.8 Å². The topological polar surface area (TPSA) is 40.5 Å². The smallest absolute Gasteiger partial charge is 0.233 e. The highest BCUT2D eigenvalue weighted by Gasteiger charge is 2.09. The van der Waals surface area contributed by atoms with Gasteiger partial charge in [-0.25, -0.2) is 0 Å². The first kappa shape index (κ1) is 13.3. The molecule has 1 amide bonds. The zero-order valence-corrected chi connectivity index (χ0v) is 9.13. The van der Waals surface area contributed by atoms with Gasteiger partial charge in [0.1, 0.15) is 0 Å². The maximum Gasteiger partial charge on any atom is 0.233 e. The van der Waals surface area contributed by atoms with Gasteiger partial charge in [-0.15, -0.1) is 24.9 Å². The normalized spacial score (nSPS) is 9.50. The summed E-state index contributed by atoms with van der Waals surface area (Å²) in [4.78, 5) is 13.2. The van der Waals surface area contributed by atoms with Gasteiger partial charge in [-0.1, -0.05) is 12.2 Å². The Kier molecular flexibility index (Phi) is 8.37. The number of hydrogen-bond acceptors (Lipinski definition) is 3. The Morgan fingerprint density at radius 3 is 2.36 bits per heavy atom. The SMILES string of the molecule is C=CCN(CC=C)C(=O)CSCCO. The average molecular weight is 215 g/mol. The molecule has 0 atom stereocenters. The van der Waals surface area contributed by atoms with Crippen molar-refractivity contribution in [2.45, 2.75) is 0 Å². The van der Waals surface area contributed by atoms with Crippen molar-refractivity contribution in [1.29, 1.82) is 0 Å². The van der Waals surface area contributed by atoms with Gasteiger partial charge in [0.25, 0.3) is 0 Å². The minimum absolute atomic E-state index is 0.0586. The van der Waals surface area contributed by atoms with Gasteiger partial charge in [0.2, 0.25) is 5.91 Å². The highest BCUT2D eigenvalue weighted by atomic mass is 32.2. The molecule has 0 aromatic heterocycles. The quantitative estimate of drug-likeness (QED) is 0.483. The molecule has 0 heterocycles. The van der Waals surface area contributed by atoms with Gasteiger partial charge in [0, 0.05) is 18.8 Å². The number of thioether (sulfide) groups is 1. The van der Waals surface area contributed by atoms with Crippen molar-refractivity contribution < 1.29 is 9.90 Å². The van der Waals surface area contributed by atoms with Crippen LogP contribution in [0.15, 0.2) is 25.3 Å². The highest BCUT2D eigenvalue weighted by Crippen LogP contribution is 2.02. The first-order valence-electron chi connectivity index (χ1n) is 4.44. The van der Waals surface area contributed by atoms with Crippen molar-refractivity contribution in [3.8, 4) is 0 Å². The molecule has 0 saturated carbocycles. The van der Waals surface area contributed by atoms with E-state index in [1.807, 2.05) is 0 Å². The van der Waals surface area contributed by atoms with Crippen LogP contribution in [0.4, 0.5) is 0 Å².